The van der Waals surface area contributed by atoms with Gasteiger partial charge in [-0.2, -0.15) is 0 Å². The third kappa shape index (κ3) is 3.39. The van der Waals surface area contributed by atoms with Crippen molar-refractivity contribution in [3.8, 4) is 0 Å². The van der Waals surface area contributed by atoms with Crippen LogP contribution in [-0.4, -0.2) is 41.6 Å². The molecule has 1 aliphatic carbocycles. The Morgan fingerprint density at radius 3 is 2.74 bits per heavy atom. The van der Waals surface area contributed by atoms with Gasteiger partial charge in [-0.05, 0) is 38.0 Å². The van der Waals surface area contributed by atoms with Crippen molar-refractivity contribution in [1.29, 1.82) is 0 Å². The smallest absolute Gasteiger partial charge is 0.317 e. The van der Waals surface area contributed by atoms with Crippen LogP contribution in [0, 0.1) is 11.3 Å². The first kappa shape index (κ1) is 14.2. The summed E-state index contributed by atoms with van der Waals surface area (Å²) in [5, 5.41) is 12.4. The molecule has 108 valence electrons. The van der Waals surface area contributed by atoms with Gasteiger partial charge in [-0.1, -0.05) is 13.3 Å². The molecule has 1 saturated heterocycles. The molecule has 0 spiro atoms. The zero-order valence-corrected chi connectivity index (χ0v) is 11.7. The summed E-state index contributed by atoms with van der Waals surface area (Å²) in [7, 11) is 0. The minimum absolute atomic E-state index is 0.0895. The minimum atomic E-state index is -0.756. The van der Waals surface area contributed by atoms with E-state index in [1.54, 1.807) is 4.90 Å². The molecular weight excluding hydrogens is 244 g/mol. The van der Waals surface area contributed by atoms with Crippen molar-refractivity contribution in [2.24, 2.45) is 11.3 Å². The van der Waals surface area contributed by atoms with Crippen molar-refractivity contribution < 1.29 is 14.7 Å². The summed E-state index contributed by atoms with van der Waals surface area (Å²) in [5.74, 6) is -0.109. The Kier molecular flexibility index (Phi) is 4.32. The third-order valence-electron chi connectivity index (χ3n) is 4.29. The van der Waals surface area contributed by atoms with Crippen LogP contribution < -0.4 is 5.32 Å². The number of nitrogens with one attached hydrogen (secondary N) is 1. The second-order valence-corrected chi connectivity index (χ2v) is 5.99. The first-order chi connectivity index (χ1) is 9.07. The van der Waals surface area contributed by atoms with E-state index < -0.39 is 11.4 Å². The highest BCUT2D eigenvalue weighted by molar-refractivity contribution is 5.78. The summed E-state index contributed by atoms with van der Waals surface area (Å²) in [6, 6.07) is -0.0895. The predicted molar refractivity (Wildman–Crippen MR) is 71.9 cm³/mol. The maximum Gasteiger partial charge on any atom is 0.317 e. The number of carbonyl (C=O) groups is 2. The lowest BCUT2D eigenvalue weighted by Crippen LogP contribution is -2.52. The molecule has 2 fully saturated rings. The number of carboxylic acid groups (broad SMARTS) is 1. The van der Waals surface area contributed by atoms with Gasteiger partial charge in [0.15, 0.2) is 0 Å². The number of hydrogen-bond donors (Lipinski definition) is 2. The van der Waals surface area contributed by atoms with Crippen LogP contribution in [0.15, 0.2) is 0 Å². The van der Waals surface area contributed by atoms with E-state index in [-0.39, 0.29) is 6.03 Å². The number of likely N-dealkylation sites (tertiary alicyclic amines) is 1. The topological polar surface area (TPSA) is 69.6 Å². The fourth-order valence-corrected chi connectivity index (χ4v) is 2.93. The highest BCUT2D eigenvalue weighted by Crippen LogP contribution is 2.35. The second kappa shape index (κ2) is 5.80. The van der Waals surface area contributed by atoms with Crippen LogP contribution >= 0.6 is 0 Å². The molecule has 5 nitrogen and oxygen atoms in total. The molecule has 2 aliphatic rings. The quantitative estimate of drug-likeness (QED) is 0.802. The van der Waals surface area contributed by atoms with Gasteiger partial charge in [0.25, 0.3) is 0 Å². The van der Waals surface area contributed by atoms with Crippen molar-refractivity contribution in [3.05, 3.63) is 0 Å². The summed E-state index contributed by atoms with van der Waals surface area (Å²) in [6.45, 7) is 3.77. The molecule has 5 heteroatoms. The zero-order chi connectivity index (χ0) is 13.9. The fourth-order valence-electron chi connectivity index (χ4n) is 2.93. The summed E-state index contributed by atoms with van der Waals surface area (Å²) >= 11 is 0. The summed E-state index contributed by atoms with van der Waals surface area (Å²) < 4.78 is 0. The van der Waals surface area contributed by atoms with E-state index in [1.165, 1.54) is 12.8 Å². The van der Waals surface area contributed by atoms with Gasteiger partial charge in [0.05, 0.1) is 5.41 Å². The molecule has 0 aromatic rings. The summed E-state index contributed by atoms with van der Waals surface area (Å²) in [5.41, 5.74) is -0.732. The van der Waals surface area contributed by atoms with Crippen LogP contribution in [0.25, 0.3) is 0 Å². The SMILES string of the molecule is CCCC1(C(=O)O)CCCN(C(=O)NCC2CC2)C1. The van der Waals surface area contributed by atoms with Gasteiger partial charge >= 0.3 is 12.0 Å². The lowest BCUT2D eigenvalue weighted by Gasteiger charge is -2.39. The first-order valence-electron chi connectivity index (χ1n) is 7.33. The highest BCUT2D eigenvalue weighted by Gasteiger charge is 2.42. The molecule has 1 saturated carbocycles. The minimum Gasteiger partial charge on any atom is -0.481 e. The van der Waals surface area contributed by atoms with Crippen molar-refractivity contribution in [1.82, 2.24) is 10.2 Å². The standard InChI is InChI=1S/C14H24N2O3/c1-2-6-14(12(17)18)7-3-8-16(10-14)13(19)15-9-11-4-5-11/h11H,2-10H2,1H3,(H,15,19)(H,17,18). The van der Waals surface area contributed by atoms with E-state index in [4.69, 9.17) is 0 Å². The van der Waals surface area contributed by atoms with Gasteiger partial charge in [0, 0.05) is 19.6 Å². The predicted octanol–water partition coefficient (Wildman–Crippen LogP) is 2.07. The molecule has 2 rings (SSSR count). The number of urea groups is 1. The zero-order valence-electron chi connectivity index (χ0n) is 11.7. The monoisotopic (exact) mass is 268 g/mol. The van der Waals surface area contributed by atoms with Crippen LogP contribution in [-0.2, 0) is 4.79 Å². The van der Waals surface area contributed by atoms with Crippen molar-refractivity contribution in [3.63, 3.8) is 0 Å². The van der Waals surface area contributed by atoms with Gasteiger partial charge in [-0.15, -0.1) is 0 Å². The molecule has 2 N–H and O–H groups in total. The molecule has 19 heavy (non-hydrogen) atoms. The number of aliphatic carboxylic acids is 1. The average molecular weight is 268 g/mol. The van der Waals surface area contributed by atoms with E-state index in [0.717, 1.165) is 19.4 Å². The molecular formula is C14H24N2O3. The number of hydrogen-bond acceptors (Lipinski definition) is 2. The van der Waals surface area contributed by atoms with E-state index in [2.05, 4.69) is 5.32 Å². The third-order valence-corrected chi connectivity index (χ3v) is 4.29. The Balaban J connectivity index is 1.93. The van der Waals surface area contributed by atoms with Crippen molar-refractivity contribution in [2.75, 3.05) is 19.6 Å². The number of nitrogens with zero attached hydrogens (tertiary/aromatic N) is 1. The van der Waals surface area contributed by atoms with Gasteiger partial charge < -0.3 is 15.3 Å². The number of amides is 2. The molecule has 0 bridgehead atoms. The first-order valence-corrected chi connectivity index (χ1v) is 7.33. The largest absolute Gasteiger partial charge is 0.481 e. The molecule has 1 atom stereocenters. The Hall–Kier alpha value is -1.26. The molecule has 1 aliphatic heterocycles. The van der Waals surface area contributed by atoms with Gasteiger partial charge in [-0.3, -0.25) is 4.79 Å². The van der Waals surface area contributed by atoms with Crippen LogP contribution in [0.2, 0.25) is 0 Å². The van der Waals surface area contributed by atoms with Crippen LogP contribution in [0.5, 0.6) is 0 Å². The highest BCUT2D eigenvalue weighted by atomic mass is 16.4. The van der Waals surface area contributed by atoms with Crippen molar-refractivity contribution >= 4 is 12.0 Å². The van der Waals surface area contributed by atoms with E-state index >= 15 is 0 Å². The van der Waals surface area contributed by atoms with Crippen LogP contribution in [0.1, 0.15) is 45.4 Å². The molecule has 2 amide bonds. The molecule has 0 radical (unpaired) electrons. The Bertz CT molecular complexity index is 351. The van der Waals surface area contributed by atoms with Crippen molar-refractivity contribution in [2.45, 2.75) is 45.4 Å². The lowest BCUT2D eigenvalue weighted by molar-refractivity contribution is -0.152. The molecule has 0 aromatic heterocycles. The summed E-state index contributed by atoms with van der Waals surface area (Å²) in [4.78, 5) is 25.3. The fraction of sp³-hybridized carbons (Fsp3) is 0.857. The average Bonchev–Trinajstić information content (AvgIpc) is 3.20. The van der Waals surface area contributed by atoms with Crippen LogP contribution in [0.4, 0.5) is 4.79 Å². The maximum atomic E-state index is 12.1. The Morgan fingerprint density at radius 2 is 2.16 bits per heavy atom. The Labute approximate surface area is 114 Å². The number of rotatable bonds is 5. The maximum absolute atomic E-state index is 12.1. The molecule has 0 aromatic carbocycles. The lowest BCUT2D eigenvalue weighted by atomic mass is 9.76. The Morgan fingerprint density at radius 1 is 1.42 bits per heavy atom. The van der Waals surface area contributed by atoms with Gasteiger partial charge in [-0.25, -0.2) is 4.79 Å². The van der Waals surface area contributed by atoms with Crippen LogP contribution in [0.3, 0.4) is 0 Å². The van der Waals surface area contributed by atoms with E-state index in [1.807, 2.05) is 6.92 Å². The number of carboxylic acids is 1. The molecule has 1 unspecified atom stereocenters. The summed E-state index contributed by atoms with van der Waals surface area (Å²) in [6.07, 6.45) is 5.36. The van der Waals surface area contributed by atoms with Gasteiger partial charge in [0.1, 0.15) is 0 Å². The molecule has 1 heterocycles. The second-order valence-electron chi connectivity index (χ2n) is 5.99. The number of carbonyl (C=O) groups excluding carboxylic acids is 1. The van der Waals surface area contributed by atoms with Gasteiger partial charge in [0.2, 0.25) is 0 Å². The normalized spacial score (nSPS) is 27.1. The van der Waals surface area contributed by atoms with E-state index in [9.17, 15) is 14.7 Å². The number of piperidine rings is 1. The van der Waals surface area contributed by atoms with E-state index in [0.29, 0.717) is 31.8 Å².